The summed E-state index contributed by atoms with van der Waals surface area (Å²) in [5, 5.41) is 25.0. The maximum Gasteiger partial charge on any atom is 0.409 e. The molecule has 0 unspecified atom stereocenters. The van der Waals surface area contributed by atoms with Crippen LogP contribution in [0.15, 0.2) is 42.2 Å². The Bertz CT molecular complexity index is 1640. The Morgan fingerprint density at radius 2 is 1.42 bits per heavy atom. The standard InChI is InChI=1S/C14H25N3O4S.C14H18N2O5.C4H5NO4S/c1-7(16-11(21)8(15)6-9(18)19)10(20)17-12-13(2,3)22-14(12,4)5;1-21-14(20)11(7-9-5-3-2-4-6-9)16-13(19)10(15)8-12(17)18;1-3-2-4(6)5-10(7,8)9-3/h7-8,12H,6,15H2,1-5H3,(H,16,21)(H,17,20)(H,18,19);2-6,10-11H,7-8,15H2,1H3,(H,16,19)(H,17,18);2H,1H3,(H,5,6)/t7-,8+;10-,11-;/m10./s1. The molecule has 10 N–H and O–H groups in total. The van der Waals surface area contributed by atoms with E-state index in [1.54, 1.807) is 35.5 Å². The first-order chi connectivity index (χ1) is 24.3. The lowest BCUT2D eigenvalue weighted by molar-refractivity contribution is -0.145. The number of hydrogen-bond donors (Lipinski definition) is 8. The molecule has 1 aromatic carbocycles. The molecule has 0 bridgehead atoms. The van der Waals surface area contributed by atoms with Gasteiger partial charge in [-0.05, 0) is 47.1 Å². The SMILES string of the molecule is CC1=CC(=O)NS(=O)(=O)O1.COC(=O)[C@H](Cc1ccccc1)NC(=O)[C@@H](N)CC(=O)O.C[C@@H](NC(=O)[C@@H](N)CC(=O)O)C(=O)NC1C(C)(C)SC1(C)C. The number of benzene rings is 1. The molecule has 2 heterocycles. The fourth-order valence-corrected chi connectivity index (χ4v) is 8.01. The van der Waals surface area contributed by atoms with E-state index >= 15 is 0 Å². The quantitative estimate of drug-likeness (QED) is 0.112. The fraction of sp³-hybridized carbons (Fsp3) is 0.531. The van der Waals surface area contributed by atoms with Gasteiger partial charge in [0, 0.05) is 22.0 Å². The van der Waals surface area contributed by atoms with Gasteiger partial charge in [-0.1, -0.05) is 30.3 Å². The van der Waals surface area contributed by atoms with Crippen LogP contribution in [0.1, 0.15) is 59.9 Å². The Morgan fingerprint density at radius 1 is 0.925 bits per heavy atom. The van der Waals surface area contributed by atoms with Crippen LogP contribution >= 0.6 is 11.8 Å². The molecular weight excluding hydrogens is 741 g/mol. The smallest absolute Gasteiger partial charge is 0.409 e. The Balaban J connectivity index is 0.000000424. The Kier molecular flexibility index (Phi) is 17.4. The van der Waals surface area contributed by atoms with Crippen LogP contribution in [0.25, 0.3) is 0 Å². The molecule has 4 amide bonds. The van der Waals surface area contributed by atoms with Gasteiger partial charge in [0.1, 0.15) is 17.8 Å². The van der Waals surface area contributed by atoms with E-state index in [1.807, 2.05) is 18.2 Å². The first-order valence-corrected chi connectivity index (χ1v) is 18.1. The number of thioether (sulfide) groups is 1. The minimum atomic E-state index is -3.85. The molecule has 0 radical (unpaired) electrons. The molecule has 1 fully saturated rings. The molecule has 53 heavy (non-hydrogen) atoms. The molecule has 1 aromatic rings. The number of carboxylic acids is 2. The number of ether oxygens (including phenoxy) is 1. The third kappa shape index (κ3) is 16.2. The van der Waals surface area contributed by atoms with E-state index < -0.39 is 82.9 Å². The fourth-order valence-electron chi connectivity index (χ4n) is 5.16. The second-order valence-electron chi connectivity index (χ2n) is 12.9. The van der Waals surface area contributed by atoms with E-state index in [2.05, 4.69) is 52.6 Å². The normalized spacial score (nSPS) is 18.6. The molecule has 0 saturated carbocycles. The lowest BCUT2D eigenvalue weighted by Crippen LogP contribution is -2.68. The van der Waals surface area contributed by atoms with Crippen molar-refractivity contribution >= 4 is 63.6 Å². The number of allylic oxidation sites excluding steroid dienone is 1. The zero-order valence-corrected chi connectivity index (χ0v) is 32.0. The average molecular weight is 789 g/mol. The number of rotatable bonds is 13. The predicted molar refractivity (Wildman–Crippen MR) is 192 cm³/mol. The van der Waals surface area contributed by atoms with Crippen LogP contribution in [-0.2, 0) is 59.2 Å². The molecule has 21 heteroatoms. The molecule has 1 saturated heterocycles. The van der Waals surface area contributed by atoms with E-state index in [-0.39, 0.29) is 33.6 Å². The molecule has 296 valence electrons. The van der Waals surface area contributed by atoms with Gasteiger partial charge in [0.05, 0.1) is 38.1 Å². The highest BCUT2D eigenvalue weighted by Gasteiger charge is 2.54. The lowest BCUT2D eigenvalue weighted by Gasteiger charge is -2.57. The van der Waals surface area contributed by atoms with E-state index in [0.29, 0.717) is 0 Å². The van der Waals surface area contributed by atoms with Crippen molar-refractivity contribution in [3.8, 4) is 0 Å². The predicted octanol–water partition coefficient (Wildman–Crippen LogP) is -0.948. The van der Waals surface area contributed by atoms with Crippen molar-refractivity contribution < 1.29 is 61.1 Å². The lowest BCUT2D eigenvalue weighted by atomic mass is 9.89. The van der Waals surface area contributed by atoms with Crippen molar-refractivity contribution in [2.75, 3.05) is 7.11 Å². The van der Waals surface area contributed by atoms with Gasteiger partial charge in [-0.15, -0.1) is 11.8 Å². The molecule has 2 aliphatic rings. The van der Waals surface area contributed by atoms with Gasteiger partial charge < -0.3 is 46.6 Å². The number of carboxylic acid groups (broad SMARTS) is 2. The topological polar surface area (TPSA) is 313 Å². The maximum atomic E-state index is 12.2. The Morgan fingerprint density at radius 3 is 1.83 bits per heavy atom. The van der Waals surface area contributed by atoms with Crippen molar-refractivity contribution in [2.45, 2.75) is 101 Å². The van der Waals surface area contributed by atoms with Crippen LogP contribution in [0.3, 0.4) is 0 Å². The Hall–Kier alpha value is -4.73. The van der Waals surface area contributed by atoms with Crippen molar-refractivity contribution in [1.82, 2.24) is 20.7 Å². The summed E-state index contributed by atoms with van der Waals surface area (Å²) in [6, 6.07) is 4.98. The molecular formula is C32H48N6O13S2. The molecule has 2 aliphatic heterocycles. The second kappa shape index (κ2) is 19.9. The zero-order chi connectivity index (χ0) is 40.9. The van der Waals surface area contributed by atoms with Crippen molar-refractivity contribution in [1.29, 1.82) is 0 Å². The minimum Gasteiger partial charge on any atom is -0.481 e. The third-order valence-electron chi connectivity index (χ3n) is 7.30. The first kappa shape index (κ1) is 46.3. The van der Waals surface area contributed by atoms with E-state index in [4.69, 9.17) is 21.7 Å². The highest BCUT2D eigenvalue weighted by Crippen LogP contribution is 2.54. The van der Waals surface area contributed by atoms with Gasteiger partial charge >= 0.3 is 28.2 Å². The van der Waals surface area contributed by atoms with Crippen LogP contribution < -0.4 is 32.1 Å². The van der Waals surface area contributed by atoms with E-state index in [0.717, 1.165) is 11.6 Å². The van der Waals surface area contributed by atoms with Crippen molar-refractivity contribution in [3.05, 3.63) is 47.7 Å². The highest BCUT2D eigenvalue weighted by molar-refractivity contribution is 8.03. The van der Waals surface area contributed by atoms with Crippen LogP contribution in [0.2, 0.25) is 0 Å². The minimum absolute atomic E-state index is 0.00968. The van der Waals surface area contributed by atoms with E-state index in [1.165, 1.54) is 14.0 Å². The van der Waals surface area contributed by atoms with Crippen LogP contribution in [-0.4, -0.2) is 107 Å². The summed E-state index contributed by atoms with van der Waals surface area (Å²) in [5.74, 6) is -5.22. The zero-order valence-electron chi connectivity index (χ0n) is 30.3. The number of methoxy groups -OCH3 is 1. The van der Waals surface area contributed by atoms with Crippen LogP contribution in [0, 0.1) is 0 Å². The Labute approximate surface area is 311 Å². The third-order valence-corrected chi connectivity index (χ3v) is 9.76. The molecule has 0 spiro atoms. The highest BCUT2D eigenvalue weighted by atomic mass is 32.2. The number of aliphatic carboxylic acids is 2. The second-order valence-corrected chi connectivity index (χ2v) is 16.5. The van der Waals surface area contributed by atoms with Gasteiger partial charge in [0.2, 0.25) is 17.7 Å². The largest absolute Gasteiger partial charge is 0.481 e. The summed E-state index contributed by atoms with van der Waals surface area (Å²) in [6.45, 7) is 11.2. The molecule has 3 rings (SSSR count). The van der Waals surface area contributed by atoms with Crippen molar-refractivity contribution in [2.24, 2.45) is 11.5 Å². The number of hydrogen-bond acceptors (Lipinski definition) is 14. The summed E-state index contributed by atoms with van der Waals surface area (Å²) >= 11 is 1.79. The van der Waals surface area contributed by atoms with Gasteiger partial charge in [-0.25, -0.2) is 9.52 Å². The summed E-state index contributed by atoms with van der Waals surface area (Å²) in [6.07, 6.45) is 0.310. The maximum absolute atomic E-state index is 12.2. The summed E-state index contributed by atoms with van der Waals surface area (Å²) in [7, 11) is -2.64. The van der Waals surface area contributed by atoms with Gasteiger partial charge in [-0.3, -0.25) is 28.8 Å². The van der Waals surface area contributed by atoms with Crippen LogP contribution in [0.5, 0.6) is 0 Å². The van der Waals surface area contributed by atoms with Crippen molar-refractivity contribution in [3.63, 3.8) is 0 Å². The number of amides is 4. The number of nitrogens with one attached hydrogen (secondary N) is 4. The van der Waals surface area contributed by atoms with Crippen LogP contribution in [0.4, 0.5) is 0 Å². The molecule has 19 nitrogen and oxygen atoms in total. The molecule has 0 aromatic heterocycles. The van der Waals surface area contributed by atoms with Gasteiger partial charge in [0.15, 0.2) is 0 Å². The number of nitrogens with two attached hydrogens (primary N) is 2. The molecule has 0 aliphatic carbocycles. The monoisotopic (exact) mass is 788 g/mol. The molecule has 4 atom stereocenters. The number of esters is 1. The first-order valence-electron chi connectivity index (χ1n) is 15.9. The number of carbonyl (C=O) groups is 7. The number of carbonyl (C=O) groups excluding carboxylic acids is 5. The average Bonchev–Trinajstić information content (AvgIpc) is 3.01. The van der Waals surface area contributed by atoms with Gasteiger partial charge in [-0.2, -0.15) is 8.42 Å². The summed E-state index contributed by atoms with van der Waals surface area (Å²) in [5.41, 5.74) is 11.8. The van der Waals surface area contributed by atoms with E-state index in [9.17, 15) is 42.0 Å². The summed E-state index contributed by atoms with van der Waals surface area (Å²) in [4.78, 5) is 78.9. The van der Waals surface area contributed by atoms with Gasteiger partial charge in [0.25, 0.3) is 5.91 Å². The summed E-state index contributed by atoms with van der Waals surface area (Å²) < 4.78 is 31.3.